The quantitative estimate of drug-likeness (QED) is 0.225. The molecule has 1 aliphatic carbocycles. The van der Waals surface area contributed by atoms with Crippen LogP contribution in [0.25, 0.3) is 64.4 Å². The van der Waals surface area contributed by atoms with Crippen molar-refractivity contribution < 1.29 is 0 Å². The first-order valence-electron chi connectivity index (χ1n) is 13.9. The van der Waals surface area contributed by atoms with Crippen LogP contribution in [0.4, 0.5) is 0 Å². The highest BCUT2D eigenvalue weighted by atomic mass is 32.1. The van der Waals surface area contributed by atoms with Crippen LogP contribution in [0.3, 0.4) is 0 Å². The maximum Gasteiger partial charge on any atom is 0.109 e. The Morgan fingerprint density at radius 1 is 0.744 bits per heavy atom. The van der Waals surface area contributed by atoms with Crippen molar-refractivity contribution in [2.75, 3.05) is 0 Å². The predicted octanol–water partition coefficient (Wildman–Crippen LogP) is 9.49. The Kier molecular flexibility index (Phi) is 4.87. The Morgan fingerprint density at radius 2 is 1.54 bits per heavy atom. The maximum absolute atomic E-state index is 5.01. The van der Waals surface area contributed by atoms with Crippen LogP contribution in [0.5, 0.6) is 0 Å². The molecule has 5 heteroatoms. The van der Waals surface area contributed by atoms with Gasteiger partial charge in [0, 0.05) is 37.7 Å². The number of hydrogen-bond acceptors (Lipinski definition) is 3. The first-order chi connectivity index (χ1) is 19.0. The summed E-state index contributed by atoms with van der Waals surface area (Å²) in [5.74, 6) is 2.89. The molecule has 8 rings (SSSR count). The van der Waals surface area contributed by atoms with E-state index in [0.717, 1.165) is 35.5 Å². The van der Waals surface area contributed by atoms with Crippen LogP contribution in [0, 0.1) is 0 Å². The molecule has 3 aromatic heterocycles. The number of nitrogens with zero attached hydrogens (tertiary/aromatic N) is 2. The number of hydrogen-bond donors (Lipinski definition) is 2. The van der Waals surface area contributed by atoms with E-state index in [2.05, 4.69) is 98.3 Å². The molecule has 0 atom stereocenters. The van der Waals surface area contributed by atoms with Crippen LogP contribution in [0.2, 0.25) is 0 Å². The smallest absolute Gasteiger partial charge is 0.109 e. The van der Waals surface area contributed by atoms with Crippen molar-refractivity contribution in [1.82, 2.24) is 19.9 Å². The molecule has 1 aliphatic rings. The number of aromatic nitrogens is 4. The molecular weight excluding hydrogens is 496 g/mol. The summed E-state index contributed by atoms with van der Waals surface area (Å²) in [7, 11) is 0. The van der Waals surface area contributed by atoms with Crippen molar-refractivity contribution >= 4 is 54.0 Å². The number of rotatable bonds is 3. The molecule has 4 nitrogen and oxygen atoms in total. The minimum absolute atomic E-state index is 0.352. The molecule has 0 spiro atoms. The Morgan fingerprint density at radius 3 is 2.36 bits per heavy atom. The van der Waals surface area contributed by atoms with Crippen molar-refractivity contribution in [2.24, 2.45) is 0 Å². The fraction of sp³-hybridized carbons (Fsp3) is 0.235. The molecule has 0 radical (unpaired) electrons. The van der Waals surface area contributed by atoms with E-state index in [1.165, 1.54) is 64.6 Å². The molecule has 0 saturated carbocycles. The summed E-state index contributed by atoms with van der Waals surface area (Å²) in [6.45, 7) is 8.79. The molecule has 2 N–H and O–H groups in total. The molecule has 3 heterocycles. The van der Waals surface area contributed by atoms with Crippen LogP contribution in [0.15, 0.2) is 60.7 Å². The van der Waals surface area contributed by atoms with Gasteiger partial charge in [0.1, 0.15) is 11.6 Å². The highest BCUT2D eigenvalue weighted by molar-refractivity contribution is 7.22. The number of aromatic amines is 2. The summed E-state index contributed by atoms with van der Waals surface area (Å²) in [4.78, 5) is 18.5. The van der Waals surface area contributed by atoms with Gasteiger partial charge in [0.05, 0.1) is 22.4 Å². The fourth-order valence-electron chi connectivity index (χ4n) is 6.25. The van der Waals surface area contributed by atoms with E-state index in [4.69, 9.17) is 9.97 Å². The summed E-state index contributed by atoms with van der Waals surface area (Å²) >= 11 is 1.92. The first kappa shape index (κ1) is 23.0. The zero-order valence-corrected chi connectivity index (χ0v) is 23.5. The van der Waals surface area contributed by atoms with Crippen LogP contribution in [0.1, 0.15) is 62.4 Å². The monoisotopic (exact) mass is 526 g/mol. The number of benzene rings is 4. The number of thiophene rings is 1. The molecule has 0 unspecified atom stereocenters. The topological polar surface area (TPSA) is 57.4 Å². The minimum atomic E-state index is 0.352. The largest absolute Gasteiger partial charge is 0.342 e. The molecule has 39 heavy (non-hydrogen) atoms. The second-order valence-corrected chi connectivity index (χ2v) is 12.6. The van der Waals surface area contributed by atoms with Gasteiger partial charge in [-0.15, -0.1) is 11.3 Å². The highest BCUT2D eigenvalue weighted by Gasteiger charge is 2.24. The van der Waals surface area contributed by atoms with Gasteiger partial charge in [-0.2, -0.15) is 0 Å². The zero-order chi connectivity index (χ0) is 26.4. The van der Waals surface area contributed by atoms with Crippen molar-refractivity contribution in [2.45, 2.75) is 52.4 Å². The average molecular weight is 527 g/mol. The van der Waals surface area contributed by atoms with E-state index in [0.29, 0.717) is 11.8 Å². The van der Waals surface area contributed by atoms with E-state index >= 15 is 0 Å². The Bertz CT molecular complexity index is 2090. The molecule has 7 aromatic rings. The van der Waals surface area contributed by atoms with Crippen LogP contribution >= 0.6 is 11.3 Å². The lowest BCUT2D eigenvalue weighted by molar-refractivity contribution is 0.787. The van der Waals surface area contributed by atoms with Crippen LogP contribution in [-0.2, 0) is 12.8 Å². The lowest BCUT2D eigenvalue weighted by atomic mass is 9.91. The SMILES string of the molecule is CC(C)c1nc2c([nH]1)-c1ccc3cc(-c4ccc5c(c4)c4ccccc4c4nc(C(C)C)[nH]c54)sc3c1CC2. The Hall–Kier alpha value is -3.96. The lowest BCUT2D eigenvalue weighted by Gasteiger charge is -2.16. The minimum Gasteiger partial charge on any atom is -0.342 e. The van der Waals surface area contributed by atoms with Crippen molar-refractivity contribution in [3.63, 3.8) is 0 Å². The van der Waals surface area contributed by atoms with E-state index in [1.807, 2.05) is 11.3 Å². The van der Waals surface area contributed by atoms with Gasteiger partial charge in [-0.05, 0) is 52.3 Å². The highest BCUT2D eigenvalue weighted by Crippen LogP contribution is 2.44. The summed E-state index contributed by atoms with van der Waals surface area (Å²) < 4.78 is 1.41. The summed E-state index contributed by atoms with van der Waals surface area (Å²) in [5, 5.41) is 6.31. The molecule has 0 fully saturated rings. The van der Waals surface area contributed by atoms with Gasteiger partial charge in [-0.3, -0.25) is 0 Å². The third kappa shape index (κ3) is 3.36. The van der Waals surface area contributed by atoms with E-state index in [1.54, 1.807) is 0 Å². The van der Waals surface area contributed by atoms with Gasteiger partial charge in [-0.25, -0.2) is 9.97 Å². The van der Waals surface area contributed by atoms with Gasteiger partial charge >= 0.3 is 0 Å². The number of fused-ring (bicyclic) bond motifs is 11. The number of aryl methyl sites for hydroxylation is 2. The molecule has 0 aliphatic heterocycles. The van der Waals surface area contributed by atoms with Gasteiger partial charge in [0.25, 0.3) is 0 Å². The lowest BCUT2D eigenvalue weighted by Crippen LogP contribution is -2.03. The van der Waals surface area contributed by atoms with Crippen LogP contribution in [-0.4, -0.2) is 19.9 Å². The van der Waals surface area contributed by atoms with Gasteiger partial charge < -0.3 is 9.97 Å². The standard InChI is InChI=1S/C34H30N4S/c1-17(2)33-35-27-14-13-25-23(29(27)36-33)12-10-20-16-28(39-32(20)25)19-9-11-24-26(15-19)21-7-5-6-8-22(21)30-31(24)38-34(37-30)18(3)4/h5-12,15-18H,13-14H2,1-4H3,(H,35,36)(H,37,38). The van der Waals surface area contributed by atoms with E-state index in [-0.39, 0.29) is 0 Å². The fourth-order valence-corrected chi connectivity index (χ4v) is 7.48. The van der Waals surface area contributed by atoms with Gasteiger partial charge in [0.15, 0.2) is 0 Å². The normalized spacial score (nSPS) is 13.4. The third-order valence-corrected chi connectivity index (χ3v) is 9.59. The van der Waals surface area contributed by atoms with Crippen molar-refractivity contribution in [1.29, 1.82) is 0 Å². The summed E-state index contributed by atoms with van der Waals surface area (Å²) in [6.07, 6.45) is 2.04. The average Bonchev–Trinajstić information content (AvgIpc) is 3.69. The van der Waals surface area contributed by atoms with E-state index < -0.39 is 0 Å². The predicted molar refractivity (Wildman–Crippen MR) is 165 cm³/mol. The molecule has 0 bridgehead atoms. The molecule has 0 amide bonds. The molecule has 192 valence electrons. The Balaban J connectivity index is 1.31. The third-order valence-electron chi connectivity index (χ3n) is 8.33. The van der Waals surface area contributed by atoms with Crippen molar-refractivity contribution in [3.8, 4) is 21.7 Å². The van der Waals surface area contributed by atoms with Gasteiger partial charge in [0.2, 0.25) is 0 Å². The molecule has 4 aromatic carbocycles. The maximum atomic E-state index is 5.01. The first-order valence-corrected chi connectivity index (χ1v) is 14.8. The number of H-pyrrole nitrogens is 2. The number of imidazole rings is 2. The second kappa shape index (κ2) is 8.27. The van der Waals surface area contributed by atoms with Gasteiger partial charge in [-0.1, -0.05) is 76.2 Å². The second-order valence-electron chi connectivity index (χ2n) is 11.5. The Labute approximate surface area is 231 Å². The van der Waals surface area contributed by atoms with Crippen LogP contribution < -0.4 is 0 Å². The van der Waals surface area contributed by atoms with E-state index in [9.17, 15) is 0 Å². The summed E-state index contributed by atoms with van der Waals surface area (Å²) in [6, 6.07) is 22.6. The summed E-state index contributed by atoms with van der Waals surface area (Å²) in [5.41, 5.74) is 8.70. The number of nitrogens with one attached hydrogen (secondary N) is 2. The zero-order valence-electron chi connectivity index (χ0n) is 22.6. The molecule has 0 saturated heterocycles. The van der Waals surface area contributed by atoms with Crippen molar-refractivity contribution in [3.05, 3.63) is 83.6 Å². The molecular formula is C34H30N4S.